The van der Waals surface area contributed by atoms with Crippen molar-refractivity contribution in [3.63, 3.8) is 0 Å². The van der Waals surface area contributed by atoms with Crippen LogP contribution in [0.5, 0.6) is 0 Å². The van der Waals surface area contributed by atoms with Gasteiger partial charge in [-0.25, -0.2) is 9.97 Å². The molecule has 18 heavy (non-hydrogen) atoms. The van der Waals surface area contributed by atoms with Crippen molar-refractivity contribution in [1.82, 2.24) is 14.9 Å². The normalized spacial score (nSPS) is 20.9. The van der Waals surface area contributed by atoms with Gasteiger partial charge in [0.25, 0.3) is 0 Å². The Morgan fingerprint density at radius 2 is 2.28 bits per heavy atom. The molecule has 2 rings (SSSR count). The van der Waals surface area contributed by atoms with Crippen LogP contribution in [0, 0.1) is 6.92 Å². The van der Waals surface area contributed by atoms with Crippen LogP contribution in [0.4, 0.5) is 5.82 Å². The molecule has 1 fully saturated rings. The van der Waals surface area contributed by atoms with Gasteiger partial charge in [0.15, 0.2) is 0 Å². The Morgan fingerprint density at radius 1 is 1.44 bits per heavy atom. The van der Waals surface area contributed by atoms with Crippen LogP contribution < -0.4 is 5.32 Å². The molecule has 1 atom stereocenters. The molecule has 0 radical (unpaired) electrons. The molecule has 0 saturated carbocycles. The lowest BCUT2D eigenvalue weighted by Gasteiger charge is -2.30. The van der Waals surface area contributed by atoms with Crippen molar-refractivity contribution < 1.29 is 0 Å². The molecule has 1 aliphatic heterocycles. The number of hydrogen-bond acceptors (Lipinski definition) is 4. The minimum absolute atomic E-state index is 0.521. The second-order valence-electron chi connectivity index (χ2n) is 5.29. The molecule has 0 aliphatic carbocycles. The monoisotopic (exact) mass is 248 g/mol. The Hall–Kier alpha value is -1.16. The van der Waals surface area contributed by atoms with Crippen molar-refractivity contribution in [1.29, 1.82) is 0 Å². The molecule has 1 unspecified atom stereocenters. The van der Waals surface area contributed by atoms with E-state index in [1.165, 1.54) is 19.4 Å². The number of hydrogen-bond donors (Lipinski definition) is 1. The molecule has 100 valence electrons. The van der Waals surface area contributed by atoms with Gasteiger partial charge in [-0.05, 0) is 39.8 Å². The number of aromatic nitrogens is 2. The minimum Gasteiger partial charge on any atom is -0.366 e. The van der Waals surface area contributed by atoms with E-state index in [-0.39, 0.29) is 0 Å². The number of nitrogens with one attached hydrogen (secondary N) is 1. The molecule has 1 aliphatic rings. The summed E-state index contributed by atoms with van der Waals surface area (Å²) in [4.78, 5) is 11.3. The lowest BCUT2D eigenvalue weighted by molar-refractivity contribution is 0.260. The van der Waals surface area contributed by atoms with E-state index in [4.69, 9.17) is 0 Å². The second-order valence-corrected chi connectivity index (χ2v) is 5.29. The smallest absolute Gasteiger partial charge is 0.130 e. The van der Waals surface area contributed by atoms with Gasteiger partial charge in [0.1, 0.15) is 11.6 Å². The highest BCUT2D eigenvalue weighted by Crippen LogP contribution is 2.15. The Labute approximate surface area is 110 Å². The Morgan fingerprint density at radius 3 is 3.00 bits per heavy atom. The van der Waals surface area contributed by atoms with Crippen LogP contribution in [0.3, 0.4) is 0 Å². The van der Waals surface area contributed by atoms with Crippen LogP contribution in [0.1, 0.15) is 37.7 Å². The Kier molecular flexibility index (Phi) is 4.53. The largest absolute Gasteiger partial charge is 0.366 e. The van der Waals surface area contributed by atoms with Crippen LogP contribution >= 0.6 is 0 Å². The SMILES string of the molecule is CCCc1cc(NC2CCCN(C)C2)nc(C)n1. The number of likely N-dealkylation sites (tertiary alicyclic amines) is 1. The molecule has 1 aromatic heterocycles. The highest BCUT2D eigenvalue weighted by atomic mass is 15.2. The average molecular weight is 248 g/mol. The predicted octanol–water partition coefficient (Wildman–Crippen LogP) is 2.24. The van der Waals surface area contributed by atoms with E-state index in [1.54, 1.807) is 0 Å². The first-order valence-corrected chi connectivity index (χ1v) is 6.97. The van der Waals surface area contributed by atoms with E-state index >= 15 is 0 Å². The third-order valence-corrected chi connectivity index (χ3v) is 3.37. The number of rotatable bonds is 4. The van der Waals surface area contributed by atoms with Crippen molar-refractivity contribution in [2.45, 2.75) is 45.6 Å². The first-order chi connectivity index (χ1) is 8.67. The van der Waals surface area contributed by atoms with Gasteiger partial charge in [-0.2, -0.15) is 0 Å². The van der Waals surface area contributed by atoms with Gasteiger partial charge < -0.3 is 10.2 Å². The Balaban J connectivity index is 2.03. The molecular weight excluding hydrogens is 224 g/mol. The third kappa shape index (κ3) is 3.67. The van der Waals surface area contributed by atoms with Crippen molar-refractivity contribution in [2.24, 2.45) is 0 Å². The number of anilines is 1. The van der Waals surface area contributed by atoms with E-state index in [2.05, 4.69) is 40.2 Å². The summed E-state index contributed by atoms with van der Waals surface area (Å²) in [7, 11) is 2.18. The Bertz CT molecular complexity index is 391. The van der Waals surface area contributed by atoms with Gasteiger partial charge in [-0.3, -0.25) is 0 Å². The average Bonchev–Trinajstić information content (AvgIpc) is 2.28. The summed E-state index contributed by atoms with van der Waals surface area (Å²) >= 11 is 0. The van der Waals surface area contributed by atoms with Crippen LogP contribution in [-0.4, -0.2) is 41.0 Å². The van der Waals surface area contributed by atoms with Crippen molar-refractivity contribution >= 4 is 5.82 Å². The van der Waals surface area contributed by atoms with E-state index in [1.807, 2.05) is 6.92 Å². The van der Waals surface area contributed by atoms with E-state index in [0.717, 1.165) is 36.7 Å². The lowest BCUT2D eigenvalue weighted by Crippen LogP contribution is -2.39. The molecule has 1 saturated heterocycles. The third-order valence-electron chi connectivity index (χ3n) is 3.37. The fourth-order valence-corrected chi connectivity index (χ4v) is 2.58. The summed E-state index contributed by atoms with van der Waals surface area (Å²) in [5.41, 5.74) is 1.15. The molecule has 1 N–H and O–H groups in total. The zero-order valence-corrected chi connectivity index (χ0v) is 11.7. The number of nitrogens with zero attached hydrogens (tertiary/aromatic N) is 3. The predicted molar refractivity (Wildman–Crippen MR) is 74.9 cm³/mol. The number of likely N-dealkylation sites (N-methyl/N-ethyl adjacent to an activating group) is 1. The van der Waals surface area contributed by atoms with Crippen LogP contribution in [-0.2, 0) is 6.42 Å². The second kappa shape index (κ2) is 6.14. The molecular formula is C14H24N4. The summed E-state index contributed by atoms with van der Waals surface area (Å²) in [6, 6.07) is 2.62. The summed E-state index contributed by atoms with van der Waals surface area (Å²) in [5.74, 6) is 1.86. The molecule has 0 spiro atoms. The summed E-state index contributed by atoms with van der Waals surface area (Å²) < 4.78 is 0. The topological polar surface area (TPSA) is 41.0 Å². The van der Waals surface area contributed by atoms with E-state index in [0.29, 0.717) is 6.04 Å². The first-order valence-electron chi connectivity index (χ1n) is 6.97. The van der Waals surface area contributed by atoms with Gasteiger partial charge >= 0.3 is 0 Å². The molecule has 0 amide bonds. The summed E-state index contributed by atoms with van der Waals surface area (Å²) in [5, 5.41) is 3.56. The number of aryl methyl sites for hydroxylation is 2. The quantitative estimate of drug-likeness (QED) is 0.887. The maximum atomic E-state index is 4.49. The molecule has 4 heteroatoms. The van der Waals surface area contributed by atoms with Crippen molar-refractivity contribution in [2.75, 3.05) is 25.5 Å². The van der Waals surface area contributed by atoms with E-state index in [9.17, 15) is 0 Å². The fourth-order valence-electron chi connectivity index (χ4n) is 2.58. The maximum Gasteiger partial charge on any atom is 0.130 e. The first kappa shape index (κ1) is 13.3. The van der Waals surface area contributed by atoms with Crippen LogP contribution in [0.25, 0.3) is 0 Å². The van der Waals surface area contributed by atoms with Gasteiger partial charge in [0.2, 0.25) is 0 Å². The van der Waals surface area contributed by atoms with Crippen molar-refractivity contribution in [3.8, 4) is 0 Å². The zero-order chi connectivity index (χ0) is 13.0. The van der Waals surface area contributed by atoms with Gasteiger partial charge in [-0.15, -0.1) is 0 Å². The van der Waals surface area contributed by atoms with Crippen LogP contribution in [0.15, 0.2) is 6.07 Å². The van der Waals surface area contributed by atoms with E-state index < -0.39 is 0 Å². The number of piperidine rings is 1. The van der Waals surface area contributed by atoms with Gasteiger partial charge in [-0.1, -0.05) is 13.3 Å². The fraction of sp³-hybridized carbons (Fsp3) is 0.714. The summed E-state index contributed by atoms with van der Waals surface area (Å²) in [6.45, 7) is 6.46. The summed E-state index contributed by atoms with van der Waals surface area (Å²) in [6.07, 6.45) is 4.65. The molecule has 1 aromatic rings. The van der Waals surface area contributed by atoms with Crippen molar-refractivity contribution in [3.05, 3.63) is 17.6 Å². The zero-order valence-electron chi connectivity index (χ0n) is 11.7. The molecule has 0 aromatic carbocycles. The van der Waals surface area contributed by atoms with Gasteiger partial charge in [0, 0.05) is 24.3 Å². The highest BCUT2D eigenvalue weighted by Gasteiger charge is 2.17. The van der Waals surface area contributed by atoms with Gasteiger partial charge in [0.05, 0.1) is 0 Å². The molecule has 2 heterocycles. The standard InChI is InChI=1S/C14H24N4/c1-4-6-12-9-14(16-11(2)15-12)17-13-7-5-8-18(3)10-13/h9,13H,4-8,10H2,1-3H3,(H,15,16,17). The molecule has 4 nitrogen and oxygen atoms in total. The molecule has 0 bridgehead atoms. The highest BCUT2D eigenvalue weighted by molar-refractivity contribution is 5.37. The minimum atomic E-state index is 0.521. The maximum absolute atomic E-state index is 4.49. The lowest BCUT2D eigenvalue weighted by atomic mass is 10.1. The van der Waals surface area contributed by atoms with Crippen LogP contribution in [0.2, 0.25) is 0 Å².